The zero-order valence-corrected chi connectivity index (χ0v) is 17.8. The molecule has 5 nitrogen and oxygen atoms in total. The van der Waals surface area contributed by atoms with E-state index in [1.165, 1.54) is 5.56 Å². The van der Waals surface area contributed by atoms with Gasteiger partial charge >= 0.3 is 0 Å². The lowest BCUT2D eigenvalue weighted by atomic mass is 10.1. The minimum absolute atomic E-state index is 0. The maximum Gasteiger partial charge on any atom is 0.191 e. The fraction of sp³-hybridized carbons (Fsp3) is 0.611. The quantitative estimate of drug-likeness (QED) is 0.413. The first-order valence-electron chi connectivity index (χ1n) is 8.28. The first kappa shape index (κ1) is 20.9. The van der Waals surface area contributed by atoms with E-state index < -0.39 is 0 Å². The van der Waals surface area contributed by atoms with Crippen molar-refractivity contribution in [3.05, 3.63) is 23.3 Å². The molecular weight excluding hydrogens is 417 g/mol. The average Bonchev–Trinajstić information content (AvgIpc) is 2.88. The zero-order chi connectivity index (χ0) is 17.0. The van der Waals surface area contributed by atoms with Crippen LogP contribution in [0.4, 0.5) is 0 Å². The Morgan fingerprint density at radius 3 is 2.67 bits per heavy atom. The molecule has 0 spiro atoms. The zero-order valence-electron chi connectivity index (χ0n) is 15.5. The van der Waals surface area contributed by atoms with Gasteiger partial charge in [0.25, 0.3) is 0 Å². The molecule has 136 valence electrons. The van der Waals surface area contributed by atoms with Gasteiger partial charge in [-0.05, 0) is 31.9 Å². The van der Waals surface area contributed by atoms with Crippen LogP contribution in [0.5, 0.6) is 11.5 Å². The van der Waals surface area contributed by atoms with Gasteiger partial charge in [-0.25, -0.2) is 0 Å². The topological polar surface area (TPSA) is 54.9 Å². The number of rotatable bonds is 5. The first-order valence-corrected chi connectivity index (χ1v) is 8.28. The Kier molecular flexibility index (Phi) is 8.12. The van der Waals surface area contributed by atoms with Gasteiger partial charge in [-0.3, -0.25) is 4.99 Å². The molecular formula is C18H30IN3O2. The van der Waals surface area contributed by atoms with E-state index in [9.17, 15) is 0 Å². The number of nitrogens with zero attached hydrogens (tertiary/aromatic N) is 1. The molecule has 0 amide bonds. The third-order valence-corrected chi connectivity index (χ3v) is 4.33. The second kappa shape index (κ2) is 9.34. The maximum absolute atomic E-state index is 5.85. The normalized spacial score (nSPS) is 17.6. The summed E-state index contributed by atoms with van der Waals surface area (Å²) >= 11 is 0. The standard InChI is InChI=1S/C18H29N3O2.HI/c1-11(2)13(4)21-18(19-5)20-10-15-9-17-14(7-12(3)23-17)8-16(15)22-6;/h8-9,11-13H,7,10H2,1-6H3,(H2,19,20,21);1H. The van der Waals surface area contributed by atoms with Gasteiger partial charge in [-0.1, -0.05) is 13.8 Å². The molecule has 0 fully saturated rings. The summed E-state index contributed by atoms with van der Waals surface area (Å²) in [5, 5.41) is 6.75. The SMILES string of the molecule is CN=C(NCc1cc2c(cc1OC)CC(C)O2)NC(C)C(C)C.I. The van der Waals surface area contributed by atoms with Crippen LogP contribution in [0.25, 0.3) is 0 Å². The van der Waals surface area contributed by atoms with Gasteiger partial charge in [0.05, 0.1) is 7.11 Å². The van der Waals surface area contributed by atoms with Crippen molar-refractivity contribution in [3.8, 4) is 11.5 Å². The summed E-state index contributed by atoms with van der Waals surface area (Å²) in [6.07, 6.45) is 1.17. The molecule has 1 aliphatic rings. The molecule has 6 heteroatoms. The highest BCUT2D eigenvalue weighted by Gasteiger charge is 2.21. The Balaban J connectivity index is 0.00000288. The van der Waals surface area contributed by atoms with Crippen molar-refractivity contribution in [2.24, 2.45) is 10.9 Å². The van der Waals surface area contributed by atoms with Crippen LogP contribution in [0.1, 0.15) is 38.8 Å². The molecule has 0 radical (unpaired) electrons. The Morgan fingerprint density at radius 1 is 1.38 bits per heavy atom. The average molecular weight is 447 g/mol. The highest BCUT2D eigenvalue weighted by molar-refractivity contribution is 14.0. The van der Waals surface area contributed by atoms with Crippen molar-refractivity contribution >= 4 is 29.9 Å². The maximum atomic E-state index is 5.85. The van der Waals surface area contributed by atoms with E-state index in [-0.39, 0.29) is 30.1 Å². The minimum Gasteiger partial charge on any atom is -0.496 e. The van der Waals surface area contributed by atoms with Gasteiger partial charge in [0.15, 0.2) is 5.96 Å². The Morgan fingerprint density at radius 2 is 2.08 bits per heavy atom. The molecule has 0 aliphatic carbocycles. The van der Waals surface area contributed by atoms with Crippen molar-refractivity contribution in [3.63, 3.8) is 0 Å². The van der Waals surface area contributed by atoms with E-state index in [1.54, 1.807) is 14.2 Å². The van der Waals surface area contributed by atoms with E-state index in [4.69, 9.17) is 9.47 Å². The largest absolute Gasteiger partial charge is 0.496 e. The molecule has 2 N–H and O–H groups in total. The molecule has 1 heterocycles. The molecule has 2 rings (SSSR count). The smallest absolute Gasteiger partial charge is 0.191 e. The van der Waals surface area contributed by atoms with Crippen molar-refractivity contribution in [2.75, 3.05) is 14.2 Å². The first-order chi connectivity index (χ1) is 10.9. The minimum atomic E-state index is 0. The summed E-state index contributed by atoms with van der Waals surface area (Å²) in [4.78, 5) is 4.29. The number of methoxy groups -OCH3 is 1. The Bertz CT molecular complexity index is 576. The third kappa shape index (κ3) is 5.16. The number of hydrogen-bond donors (Lipinski definition) is 2. The van der Waals surface area contributed by atoms with Crippen LogP contribution >= 0.6 is 24.0 Å². The van der Waals surface area contributed by atoms with Gasteiger partial charge in [-0.15, -0.1) is 24.0 Å². The van der Waals surface area contributed by atoms with E-state index in [2.05, 4.69) is 55.5 Å². The second-order valence-electron chi connectivity index (χ2n) is 6.51. The predicted octanol–water partition coefficient (Wildman–Crippen LogP) is 3.35. The number of aliphatic imine (C=N–C) groups is 1. The Labute approximate surface area is 162 Å². The van der Waals surface area contributed by atoms with E-state index in [0.717, 1.165) is 29.4 Å². The summed E-state index contributed by atoms with van der Waals surface area (Å²) in [7, 11) is 3.49. The highest BCUT2D eigenvalue weighted by Crippen LogP contribution is 2.34. The lowest BCUT2D eigenvalue weighted by Crippen LogP contribution is -2.43. The molecule has 1 aromatic rings. The fourth-order valence-electron chi connectivity index (χ4n) is 2.57. The van der Waals surface area contributed by atoms with Crippen LogP contribution in [0, 0.1) is 5.92 Å². The highest BCUT2D eigenvalue weighted by atomic mass is 127. The second-order valence-corrected chi connectivity index (χ2v) is 6.51. The van der Waals surface area contributed by atoms with Gasteiger partial charge in [0.1, 0.15) is 17.6 Å². The van der Waals surface area contributed by atoms with Crippen LogP contribution in [0.15, 0.2) is 17.1 Å². The van der Waals surface area contributed by atoms with E-state index in [1.807, 2.05) is 0 Å². The summed E-state index contributed by atoms with van der Waals surface area (Å²) in [5.41, 5.74) is 2.29. The number of hydrogen-bond acceptors (Lipinski definition) is 3. The summed E-state index contributed by atoms with van der Waals surface area (Å²) in [6, 6.07) is 4.51. The monoisotopic (exact) mass is 447 g/mol. The number of fused-ring (bicyclic) bond motifs is 1. The van der Waals surface area contributed by atoms with E-state index >= 15 is 0 Å². The fourth-order valence-corrected chi connectivity index (χ4v) is 2.57. The molecule has 0 saturated carbocycles. The molecule has 2 atom stereocenters. The Hall–Kier alpha value is -1.18. The third-order valence-electron chi connectivity index (χ3n) is 4.33. The van der Waals surface area contributed by atoms with Crippen molar-refractivity contribution in [1.29, 1.82) is 0 Å². The lowest BCUT2D eigenvalue weighted by Gasteiger charge is -2.21. The molecule has 1 aromatic carbocycles. The molecule has 0 bridgehead atoms. The lowest BCUT2D eigenvalue weighted by molar-refractivity contribution is 0.254. The summed E-state index contributed by atoms with van der Waals surface area (Å²) in [5.74, 6) is 3.19. The van der Waals surface area contributed by atoms with Crippen LogP contribution < -0.4 is 20.1 Å². The van der Waals surface area contributed by atoms with E-state index in [0.29, 0.717) is 18.5 Å². The van der Waals surface area contributed by atoms with Crippen LogP contribution in [-0.2, 0) is 13.0 Å². The molecule has 2 unspecified atom stereocenters. The number of ether oxygens (including phenoxy) is 2. The predicted molar refractivity (Wildman–Crippen MR) is 110 cm³/mol. The summed E-state index contributed by atoms with van der Waals surface area (Å²) < 4.78 is 11.4. The van der Waals surface area contributed by atoms with Gasteiger partial charge in [-0.2, -0.15) is 0 Å². The van der Waals surface area contributed by atoms with Crippen molar-refractivity contribution in [1.82, 2.24) is 10.6 Å². The van der Waals surface area contributed by atoms with Crippen molar-refractivity contribution in [2.45, 2.75) is 52.8 Å². The van der Waals surface area contributed by atoms with Gasteiger partial charge in [0.2, 0.25) is 0 Å². The molecule has 24 heavy (non-hydrogen) atoms. The number of halogens is 1. The van der Waals surface area contributed by atoms with Gasteiger partial charge < -0.3 is 20.1 Å². The molecule has 0 saturated heterocycles. The molecule has 1 aliphatic heterocycles. The van der Waals surface area contributed by atoms with Crippen LogP contribution in [-0.4, -0.2) is 32.3 Å². The number of benzene rings is 1. The van der Waals surface area contributed by atoms with Crippen molar-refractivity contribution < 1.29 is 9.47 Å². The summed E-state index contributed by atoms with van der Waals surface area (Å²) in [6.45, 7) is 9.25. The van der Waals surface area contributed by atoms with Gasteiger partial charge in [0, 0.05) is 37.2 Å². The van der Waals surface area contributed by atoms with Crippen LogP contribution in [0.3, 0.4) is 0 Å². The number of guanidine groups is 1. The van der Waals surface area contributed by atoms with Crippen LogP contribution in [0.2, 0.25) is 0 Å². The molecule has 0 aromatic heterocycles. The number of nitrogens with one attached hydrogen (secondary N) is 2.